The molecule has 1 aliphatic rings. The summed E-state index contributed by atoms with van der Waals surface area (Å²) in [6.07, 6.45) is 4.71. The Kier molecular flexibility index (Phi) is 5.80. The Bertz CT molecular complexity index is 673. The summed E-state index contributed by atoms with van der Waals surface area (Å²) in [6, 6.07) is 2.22. The predicted octanol–water partition coefficient (Wildman–Crippen LogP) is 2.17. The first-order valence-electron chi connectivity index (χ1n) is 8.94. The fraction of sp³-hybridized carbons (Fsp3) is 0.647. The standard InChI is InChI=1S/C17H27N7O/c1-11(2)17-13(5-4-8-25-17)22-16-9-15(19-10-20-16)18-7-6-14-21-12(3)23-24-14/h9-11,13,17H,4-8H2,1-3H3,(H,21,23,24)(H2,18,19,20,22). The van der Waals surface area contributed by atoms with Crippen molar-refractivity contribution in [1.82, 2.24) is 25.1 Å². The second-order valence-corrected chi connectivity index (χ2v) is 6.77. The number of ether oxygens (including phenoxy) is 1. The molecule has 2 atom stereocenters. The first-order chi connectivity index (χ1) is 12.1. The van der Waals surface area contributed by atoms with Gasteiger partial charge in [-0.2, -0.15) is 5.10 Å². The first kappa shape index (κ1) is 17.6. The number of H-pyrrole nitrogens is 1. The quantitative estimate of drug-likeness (QED) is 0.707. The lowest BCUT2D eigenvalue weighted by Gasteiger charge is -2.35. The molecule has 136 valence electrons. The molecule has 0 spiro atoms. The van der Waals surface area contributed by atoms with Crippen LogP contribution in [0, 0.1) is 12.8 Å². The van der Waals surface area contributed by atoms with Gasteiger partial charge < -0.3 is 15.4 Å². The number of aromatic amines is 1. The van der Waals surface area contributed by atoms with Crippen LogP contribution in [0.3, 0.4) is 0 Å². The molecule has 0 saturated carbocycles. The van der Waals surface area contributed by atoms with Crippen molar-refractivity contribution in [2.24, 2.45) is 5.92 Å². The van der Waals surface area contributed by atoms with Gasteiger partial charge in [-0.25, -0.2) is 15.0 Å². The maximum absolute atomic E-state index is 5.93. The summed E-state index contributed by atoms with van der Waals surface area (Å²) in [6.45, 7) is 7.85. The van der Waals surface area contributed by atoms with Gasteiger partial charge in [0, 0.05) is 25.6 Å². The summed E-state index contributed by atoms with van der Waals surface area (Å²) in [5.41, 5.74) is 0. The summed E-state index contributed by atoms with van der Waals surface area (Å²) >= 11 is 0. The summed E-state index contributed by atoms with van der Waals surface area (Å²) in [7, 11) is 0. The molecule has 3 rings (SSSR count). The van der Waals surface area contributed by atoms with Crippen LogP contribution in [-0.4, -0.2) is 50.4 Å². The van der Waals surface area contributed by atoms with E-state index in [1.54, 1.807) is 6.33 Å². The third-order valence-electron chi connectivity index (χ3n) is 4.32. The third-order valence-corrected chi connectivity index (χ3v) is 4.32. The molecule has 8 nitrogen and oxygen atoms in total. The Morgan fingerprint density at radius 3 is 2.92 bits per heavy atom. The zero-order valence-corrected chi connectivity index (χ0v) is 15.1. The van der Waals surface area contributed by atoms with Gasteiger partial charge >= 0.3 is 0 Å². The molecule has 0 aromatic carbocycles. The third kappa shape index (κ3) is 4.88. The predicted molar refractivity (Wildman–Crippen MR) is 96.6 cm³/mol. The molecular formula is C17H27N7O. The number of nitrogens with one attached hydrogen (secondary N) is 3. The normalized spacial score (nSPS) is 20.6. The second-order valence-electron chi connectivity index (χ2n) is 6.77. The molecule has 3 heterocycles. The monoisotopic (exact) mass is 345 g/mol. The maximum atomic E-state index is 5.93. The zero-order valence-electron chi connectivity index (χ0n) is 15.1. The molecule has 3 N–H and O–H groups in total. The van der Waals surface area contributed by atoms with E-state index >= 15 is 0 Å². The minimum atomic E-state index is 0.217. The summed E-state index contributed by atoms with van der Waals surface area (Å²) in [5, 5.41) is 13.8. The van der Waals surface area contributed by atoms with E-state index in [0.29, 0.717) is 5.92 Å². The Hall–Kier alpha value is -2.22. The van der Waals surface area contributed by atoms with E-state index in [9.17, 15) is 0 Å². The number of hydrogen-bond acceptors (Lipinski definition) is 7. The average Bonchev–Trinajstić information content (AvgIpc) is 3.01. The number of rotatable bonds is 7. The summed E-state index contributed by atoms with van der Waals surface area (Å²) < 4.78 is 5.93. The SMILES string of the molecule is Cc1nc(CCNc2cc(NC3CCCOC3C(C)C)ncn2)n[nH]1. The minimum Gasteiger partial charge on any atom is -0.376 e. The fourth-order valence-electron chi connectivity index (χ4n) is 3.14. The minimum absolute atomic E-state index is 0.217. The fourth-order valence-corrected chi connectivity index (χ4v) is 3.14. The number of aromatic nitrogens is 5. The highest BCUT2D eigenvalue weighted by molar-refractivity contribution is 5.47. The number of anilines is 2. The topological polar surface area (TPSA) is 101 Å². The summed E-state index contributed by atoms with van der Waals surface area (Å²) in [4.78, 5) is 12.9. The molecule has 25 heavy (non-hydrogen) atoms. The van der Waals surface area contributed by atoms with Gasteiger partial charge in [0.05, 0.1) is 12.1 Å². The smallest absolute Gasteiger partial charge is 0.152 e. The van der Waals surface area contributed by atoms with Crippen molar-refractivity contribution in [1.29, 1.82) is 0 Å². The molecule has 8 heteroatoms. The van der Waals surface area contributed by atoms with Gasteiger partial charge in [0.25, 0.3) is 0 Å². The Labute approximate surface area is 148 Å². The number of nitrogens with zero attached hydrogens (tertiary/aromatic N) is 4. The molecule has 2 unspecified atom stereocenters. The van der Waals surface area contributed by atoms with Gasteiger partial charge in [-0.3, -0.25) is 5.10 Å². The molecule has 0 radical (unpaired) electrons. The van der Waals surface area contributed by atoms with Crippen LogP contribution in [0.15, 0.2) is 12.4 Å². The molecule has 1 saturated heterocycles. The van der Waals surface area contributed by atoms with Gasteiger partial charge in [-0.15, -0.1) is 0 Å². The van der Waals surface area contributed by atoms with Crippen LogP contribution in [0.25, 0.3) is 0 Å². The Morgan fingerprint density at radius 2 is 2.16 bits per heavy atom. The first-order valence-corrected chi connectivity index (χ1v) is 8.94. The highest BCUT2D eigenvalue weighted by Gasteiger charge is 2.28. The van der Waals surface area contributed by atoms with Crippen LogP contribution in [0.5, 0.6) is 0 Å². The number of hydrogen-bond donors (Lipinski definition) is 3. The zero-order chi connectivity index (χ0) is 17.6. The van der Waals surface area contributed by atoms with Crippen LogP contribution in [0.4, 0.5) is 11.6 Å². The van der Waals surface area contributed by atoms with Crippen molar-refractivity contribution in [3.8, 4) is 0 Å². The van der Waals surface area contributed by atoms with Crippen LogP contribution in [0.1, 0.15) is 38.3 Å². The van der Waals surface area contributed by atoms with Crippen LogP contribution >= 0.6 is 0 Å². The highest BCUT2D eigenvalue weighted by atomic mass is 16.5. The van der Waals surface area contributed by atoms with Crippen molar-refractivity contribution in [2.45, 2.75) is 52.2 Å². The number of aryl methyl sites for hydroxylation is 1. The molecule has 0 aliphatic carbocycles. The Balaban J connectivity index is 1.55. The molecule has 2 aromatic heterocycles. The molecule has 0 amide bonds. The van der Waals surface area contributed by atoms with Crippen molar-refractivity contribution >= 4 is 11.6 Å². The van der Waals surface area contributed by atoms with E-state index in [1.165, 1.54) is 0 Å². The van der Waals surface area contributed by atoms with Crippen molar-refractivity contribution in [3.05, 3.63) is 24.0 Å². The average molecular weight is 345 g/mol. The molecule has 2 aromatic rings. The van der Waals surface area contributed by atoms with E-state index in [2.05, 4.69) is 49.6 Å². The van der Waals surface area contributed by atoms with Crippen LogP contribution < -0.4 is 10.6 Å². The summed E-state index contributed by atoms with van der Waals surface area (Å²) in [5.74, 6) is 3.73. The maximum Gasteiger partial charge on any atom is 0.152 e. The van der Waals surface area contributed by atoms with Crippen molar-refractivity contribution in [2.75, 3.05) is 23.8 Å². The largest absolute Gasteiger partial charge is 0.376 e. The van der Waals surface area contributed by atoms with E-state index in [0.717, 1.165) is 55.7 Å². The van der Waals surface area contributed by atoms with Gasteiger partial charge in [0.15, 0.2) is 5.82 Å². The molecule has 1 aliphatic heterocycles. The molecular weight excluding hydrogens is 318 g/mol. The van der Waals surface area contributed by atoms with E-state index in [4.69, 9.17) is 4.74 Å². The van der Waals surface area contributed by atoms with E-state index in [1.807, 2.05) is 13.0 Å². The van der Waals surface area contributed by atoms with Gasteiger partial charge in [0.2, 0.25) is 0 Å². The van der Waals surface area contributed by atoms with Gasteiger partial charge in [0.1, 0.15) is 23.8 Å². The van der Waals surface area contributed by atoms with Crippen LogP contribution in [-0.2, 0) is 11.2 Å². The lowest BCUT2D eigenvalue weighted by Crippen LogP contribution is -2.43. The van der Waals surface area contributed by atoms with Gasteiger partial charge in [-0.05, 0) is 25.7 Å². The van der Waals surface area contributed by atoms with E-state index in [-0.39, 0.29) is 12.1 Å². The molecule has 1 fully saturated rings. The van der Waals surface area contributed by atoms with Crippen LogP contribution in [0.2, 0.25) is 0 Å². The molecule has 0 bridgehead atoms. The highest BCUT2D eigenvalue weighted by Crippen LogP contribution is 2.23. The van der Waals surface area contributed by atoms with Crippen molar-refractivity contribution in [3.63, 3.8) is 0 Å². The van der Waals surface area contributed by atoms with Crippen molar-refractivity contribution < 1.29 is 4.74 Å². The van der Waals surface area contributed by atoms with E-state index < -0.39 is 0 Å². The lowest BCUT2D eigenvalue weighted by molar-refractivity contribution is -0.0203. The Morgan fingerprint density at radius 1 is 1.32 bits per heavy atom. The lowest BCUT2D eigenvalue weighted by atomic mass is 9.94. The van der Waals surface area contributed by atoms with Gasteiger partial charge in [-0.1, -0.05) is 13.8 Å². The second kappa shape index (κ2) is 8.24.